The third kappa shape index (κ3) is 7.66. The van der Waals surface area contributed by atoms with E-state index in [1.807, 2.05) is 44.2 Å². The second-order valence-corrected chi connectivity index (χ2v) is 11.4. The van der Waals surface area contributed by atoms with Crippen LogP contribution in [0.2, 0.25) is 0 Å². The minimum atomic E-state index is -2.03. The predicted molar refractivity (Wildman–Crippen MR) is 144 cm³/mol. The number of carbonyl (C=O) groups excluding carboxylic acids is 2. The average molecular weight is 543 g/mol. The highest BCUT2D eigenvalue weighted by molar-refractivity contribution is 6.07. The monoisotopic (exact) mass is 542 g/mol. The summed E-state index contributed by atoms with van der Waals surface area (Å²) in [6.45, 7) is 3.98. The molecule has 4 rings (SSSR count). The van der Waals surface area contributed by atoms with Crippen LogP contribution in [0.15, 0.2) is 42.9 Å². The maximum absolute atomic E-state index is 13.8. The first-order chi connectivity index (χ1) is 18.7. The Hall–Kier alpha value is -2.79. The van der Waals surface area contributed by atoms with Crippen LogP contribution in [0.25, 0.3) is 0 Å². The van der Waals surface area contributed by atoms with Gasteiger partial charge in [0.15, 0.2) is 5.54 Å². The van der Waals surface area contributed by atoms with E-state index in [1.165, 1.54) is 18.9 Å². The molecule has 2 aliphatic rings. The number of aliphatic hydroxyl groups is 1. The lowest BCUT2D eigenvalue weighted by Gasteiger charge is -2.35. The highest BCUT2D eigenvalue weighted by atomic mass is 16.7. The molecule has 10 heteroatoms. The number of aliphatic hydroxyl groups excluding tert-OH is 1. The van der Waals surface area contributed by atoms with Gasteiger partial charge in [0.2, 0.25) is 0 Å². The van der Waals surface area contributed by atoms with Gasteiger partial charge in [-0.2, -0.15) is 0 Å². The Bertz CT molecular complexity index is 1060. The number of hydrogen-bond donors (Lipinski definition) is 4. The summed E-state index contributed by atoms with van der Waals surface area (Å²) < 4.78 is 16.9. The van der Waals surface area contributed by atoms with Gasteiger partial charge in [0.25, 0.3) is 5.91 Å². The summed E-state index contributed by atoms with van der Waals surface area (Å²) in [5, 5.41) is 14.3. The molecule has 214 valence electrons. The number of nitrogens with zero attached hydrogens (tertiary/aromatic N) is 1. The normalized spacial score (nSPS) is 22.5. The molecule has 1 aliphatic carbocycles. The SMILES string of the molecule is CC1(C)OCO[C@H]1C[C@H](O)[C@H](CC1CCCCC1)NC(=O)[C@@](N)(Cc1cnc[nH]1)C(=O)OCc1ccccc1. The number of rotatable bonds is 12. The maximum atomic E-state index is 13.8. The van der Waals surface area contributed by atoms with Crippen LogP contribution in [-0.4, -0.2) is 63.1 Å². The number of hydrogen-bond acceptors (Lipinski definition) is 8. The lowest BCUT2D eigenvalue weighted by atomic mass is 9.82. The second-order valence-electron chi connectivity index (χ2n) is 11.4. The van der Waals surface area contributed by atoms with Crippen LogP contribution in [0.4, 0.5) is 0 Å². The Morgan fingerprint density at radius 3 is 2.62 bits per heavy atom. The standard InChI is InChI=1S/C29H42N4O6/c1-28(2)25(38-19-39-28)14-24(34)23(13-20-9-5-3-6-10-20)33-26(35)29(30,15-22-16-31-18-32-22)27(36)37-17-21-11-7-4-8-12-21/h4,7-8,11-12,16,18,20,23-25,34H,3,5-6,9-10,13-15,17,19,30H2,1-2H3,(H,31,32)(H,33,35)/t23-,24-,25-,29-/m0/s1. The van der Waals surface area contributed by atoms with Gasteiger partial charge in [-0.1, -0.05) is 62.4 Å². The smallest absolute Gasteiger partial charge is 0.336 e. The lowest BCUT2D eigenvalue weighted by Crippen LogP contribution is -2.64. The van der Waals surface area contributed by atoms with Gasteiger partial charge in [0.05, 0.1) is 30.2 Å². The van der Waals surface area contributed by atoms with Crippen LogP contribution in [0.5, 0.6) is 0 Å². The molecule has 1 saturated heterocycles. The molecule has 1 aromatic carbocycles. The van der Waals surface area contributed by atoms with Crippen molar-refractivity contribution < 1.29 is 28.9 Å². The lowest BCUT2D eigenvalue weighted by molar-refractivity contribution is -0.156. The molecule has 2 heterocycles. The first kappa shape index (κ1) is 29.2. The first-order valence-corrected chi connectivity index (χ1v) is 13.9. The Balaban J connectivity index is 1.52. The minimum absolute atomic E-state index is 0.0168. The van der Waals surface area contributed by atoms with E-state index in [0.717, 1.165) is 31.2 Å². The molecule has 0 spiro atoms. The van der Waals surface area contributed by atoms with E-state index >= 15 is 0 Å². The molecule has 0 unspecified atom stereocenters. The fourth-order valence-corrected chi connectivity index (χ4v) is 5.47. The summed E-state index contributed by atoms with van der Waals surface area (Å²) in [5.74, 6) is -1.19. The van der Waals surface area contributed by atoms with E-state index in [0.29, 0.717) is 18.0 Å². The summed E-state index contributed by atoms with van der Waals surface area (Å²) in [4.78, 5) is 34.1. The van der Waals surface area contributed by atoms with E-state index in [1.54, 1.807) is 0 Å². The zero-order chi connectivity index (χ0) is 27.9. The molecule has 0 radical (unpaired) electrons. The quantitative estimate of drug-likeness (QED) is 0.236. The van der Waals surface area contributed by atoms with Crippen LogP contribution in [-0.2, 0) is 36.8 Å². The Morgan fingerprint density at radius 2 is 1.97 bits per heavy atom. The number of H-pyrrole nitrogens is 1. The molecule has 5 N–H and O–H groups in total. The average Bonchev–Trinajstić information content (AvgIpc) is 3.56. The van der Waals surface area contributed by atoms with E-state index < -0.39 is 35.2 Å². The number of imidazole rings is 1. The van der Waals surface area contributed by atoms with E-state index in [9.17, 15) is 14.7 Å². The van der Waals surface area contributed by atoms with Gasteiger partial charge in [0.1, 0.15) is 13.4 Å². The zero-order valence-electron chi connectivity index (χ0n) is 22.9. The zero-order valence-corrected chi connectivity index (χ0v) is 22.9. The van der Waals surface area contributed by atoms with Gasteiger partial charge in [0, 0.05) is 24.7 Å². The van der Waals surface area contributed by atoms with Crippen LogP contribution in [0.1, 0.15) is 70.1 Å². The minimum Gasteiger partial charge on any atom is -0.459 e. The molecular weight excluding hydrogens is 500 g/mol. The third-order valence-electron chi connectivity index (χ3n) is 8.03. The number of aromatic nitrogens is 2. The van der Waals surface area contributed by atoms with Crippen LogP contribution < -0.4 is 11.1 Å². The molecule has 4 atom stereocenters. The molecular formula is C29H42N4O6. The van der Waals surface area contributed by atoms with Crippen LogP contribution in [0, 0.1) is 5.92 Å². The number of amides is 1. The van der Waals surface area contributed by atoms with Crippen molar-refractivity contribution in [2.45, 2.75) is 101 Å². The van der Waals surface area contributed by atoms with E-state index in [2.05, 4.69) is 15.3 Å². The topological polar surface area (TPSA) is 149 Å². The summed E-state index contributed by atoms with van der Waals surface area (Å²) in [7, 11) is 0. The molecule has 10 nitrogen and oxygen atoms in total. The van der Waals surface area contributed by atoms with E-state index in [4.69, 9.17) is 19.9 Å². The predicted octanol–water partition coefficient (Wildman–Crippen LogP) is 2.75. The van der Waals surface area contributed by atoms with Crippen molar-refractivity contribution in [3.63, 3.8) is 0 Å². The number of aromatic amines is 1. The number of ether oxygens (including phenoxy) is 3. The van der Waals surface area contributed by atoms with Gasteiger partial charge >= 0.3 is 5.97 Å². The van der Waals surface area contributed by atoms with Gasteiger partial charge in [-0.25, -0.2) is 9.78 Å². The molecule has 0 bridgehead atoms. The summed E-state index contributed by atoms with van der Waals surface area (Å²) in [6, 6.07) is 8.58. The van der Waals surface area contributed by atoms with Gasteiger partial charge in [-0.05, 0) is 31.7 Å². The van der Waals surface area contributed by atoms with E-state index in [-0.39, 0.29) is 32.3 Å². The first-order valence-electron chi connectivity index (χ1n) is 13.9. The second kappa shape index (κ2) is 13.0. The summed E-state index contributed by atoms with van der Waals surface area (Å²) in [6.07, 6.45) is 7.98. The maximum Gasteiger partial charge on any atom is 0.336 e. The summed E-state index contributed by atoms with van der Waals surface area (Å²) >= 11 is 0. The van der Waals surface area contributed by atoms with Crippen molar-refractivity contribution in [3.05, 3.63) is 54.1 Å². The number of esters is 1. The highest BCUT2D eigenvalue weighted by Crippen LogP contribution is 2.32. The fourth-order valence-electron chi connectivity index (χ4n) is 5.47. The molecule has 1 amide bonds. The van der Waals surface area contributed by atoms with Crippen LogP contribution in [0.3, 0.4) is 0 Å². The number of benzene rings is 1. The number of carbonyl (C=O) groups is 2. The third-order valence-corrected chi connectivity index (χ3v) is 8.03. The van der Waals surface area contributed by atoms with Crippen LogP contribution >= 0.6 is 0 Å². The van der Waals surface area contributed by atoms with Gasteiger partial charge in [-0.3, -0.25) is 4.79 Å². The highest BCUT2D eigenvalue weighted by Gasteiger charge is 2.46. The molecule has 1 saturated carbocycles. The van der Waals surface area contributed by atoms with Crippen molar-refractivity contribution in [1.82, 2.24) is 15.3 Å². The Kier molecular flexibility index (Phi) is 9.76. The Morgan fingerprint density at radius 1 is 1.23 bits per heavy atom. The van der Waals surface area contributed by atoms with Crippen molar-refractivity contribution in [1.29, 1.82) is 0 Å². The number of nitrogens with two attached hydrogens (primary N) is 1. The molecule has 1 aromatic heterocycles. The largest absolute Gasteiger partial charge is 0.459 e. The van der Waals surface area contributed by atoms with Crippen molar-refractivity contribution in [3.8, 4) is 0 Å². The summed E-state index contributed by atoms with van der Waals surface area (Å²) in [5.41, 5.74) is 5.28. The number of nitrogens with one attached hydrogen (secondary N) is 2. The molecule has 1 aliphatic heterocycles. The Labute approximate surface area is 230 Å². The molecule has 39 heavy (non-hydrogen) atoms. The van der Waals surface area contributed by atoms with Gasteiger partial charge < -0.3 is 35.4 Å². The molecule has 2 aromatic rings. The molecule has 2 fully saturated rings. The van der Waals surface area contributed by atoms with Crippen molar-refractivity contribution in [2.24, 2.45) is 11.7 Å². The van der Waals surface area contributed by atoms with Crippen molar-refractivity contribution >= 4 is 11.9 Å². The van der Waals surface area contributed by atoms with Gasteiger partial charge in [-0.15, -0.1) is 0 Å². The fraction of sp³-hybridized carbons (Fsp3) is 0.621. The van der Waals surface area contributed by atoms with Crippen molar-refractivity contribution in [2.75, 3.05) is 6.79 Å².